The smallest absolute Gasteiger partial charge is 0.134 e. The van der Waals surface area contributed by atoms with Gasteiger partial charge in [-0.25, -0.2) is 0 Å². The van der Waals surface area contributed by atoms with Crippen molar-refractivity contribution in [3.63, 3.8) is 0 Å². The molecule has 0 fully saturated rings. The van der Waals surface area contributed by atoms with E-state index in [-0.39, 0.29) is 15.4 Å². The normalized spacial score (nSPS) is 12.0. The molecule has 0 spiro atoms. The Labute approximate surface area is 109 Å². The first-order chi connectivity index (χ1) is 7.85. The van der Waals surface area contributed by atoms with Crippen molar-refractivity contribution in [3.05, 3.63) is 0 Å². The van der Waals surface area contributed by atoms with Crippen LogP contribution in [0, 0.1) is 0 Å². The highest BCUT2D eigenvalue weighted by Gasteiger charge is 2.08. The fourth-order valence-electron chi connectivity index (χ4n) is 1.36. The minimum Gasteiger partial charge on any atom is -0.357 e. The van der Waals surface area contributed by atoms with Crippen molar-refractivity contribution in [1.29, 1.82) is 0 Å². The minimum absolute atomic E-state index is 0.151. The molecule has 0 unspecified atom stereocenters. The van der Waals surface area contributed by atoms with E-state index < -0.39 is 0 Å². The minimum atomic E-state index is -0.235. The molecular weight excluding hydrogens is 236 g/mol. The van der Waals surface area contributed by atoms with E-state index in [9.17, 15) is 0 Å². The predicted molar refractivity (Wildman–Crippen MR) is 77.3 cm³/mol. The number of hydrogen-bond donors (Lipinski definition) is 1. The Balaban J connectivity index is 3.58. The van der Waals surface area contributed by atoms with Gasteiger partial charge in [-0.05, 0) is 25.0 Å². The summed E-state index contributed by atoms with van der Waals surface area (Å²) in [6, 6.07) is 1.28. The van der Waals surface area contributed by atoms with Gasteiger partial charge in [0.2, 0.25) is 0 Å². The molecule has 98 valence electrons. The van der Waals surface area contributed by atoms with Crippen molar-refractivity contribution in [2.75, 3.05) is 19.0 Å². The molecule has 0 aromatic rings. The third kappa shape index (κ3) is 11.0. The van der Waals surface area contributed by atoms with Crippen LogP contribution in [-0.2, 0) is 9.47 Å². The van der Waals surface area contributed by atoms with Crippen molar-refractivity contribution in [1.82, 2.24) is 0 Å². The number of thiol groups is 1. The Morgan fingerprint density at radius 3 is 2.00 bits per heavy atom. The third-order valence-electron chi connectivity index (χ3n) is 2.45. The van der Waals surface area contributed by atoms with Gasteiger partial charge in [0, 0.05) is 13.2 Å². The van der Waals surface area contributed by atoms with Crippen molar-refractivity contribution >= 4 is 22.1 Å². The van der Waals surface area contributed by atoms with Gasteiger partial charge in [0.1, 0.15) is 5.91 Å². The molecule has 16 heavy (non-hydrogen) atoms. The van der Waals surface area contributed by atoms with E-state index in [2.05, 4.69) is 26.5 Å². The van der Waals surface area contributed by atoms with E-state index in [0.717, 1.165) is 31.8 Å². The van der Waals surface area contributed by atoms with Crippen LogP contribution in [0.3, 0.4) is 0 Å². The van der Waals surface area contributed by atoms with Crippen LogP contribution in [0.1, 0.15) is 46.0 Å². The second-order valence-electron chi connectivity index (χ2n) is 4.10. The number of hydrogen-bond acceptors (Lipinski definition) is 3. The Kier molecular flexibility index (Phi) is 14.0. The summed E-state index contributed by atoms with van der Waals surface area (Å²) in [5, 5.41) is 0. The summed E-state index contributed by atoms with van der Waals surface area (Å²) in [6.45, 7) is 6.10. The van der Waals surface area contributed by atoms with Crippen LogP contribution in [0.2, 0.25) is 6.04 Å². The van der Waals surface area contributed by atoms with Gasteiger partial charge in [0.15, 0.2) is 0 Å². The molecule has 0 aliphatic heterocycles. The quantitative estimate of drug-likeness (QED) is 0.253. The maximum absolute atomic E-state index is 5.79. The van der Waals surface area contributed by atoms with Crippen LogP contribution in [0.25, 0.3) is 0 Å². The summed E-state index contributed by atoms with van der Waals surface area (Å²) >= 11 is 4.24. The molecule has 4 heteroatoms. The van der Waals surface area contributed by atoms with Crippen LogP contribution in [0.5, 0.6) is 0 Å². The lowest BCUT2D eigenvalue weighted by Gasteiger charge is -2.18. The maximum Gasteiger partial charge on any atom is 0.134 e. The van der Waals surface area contributed by atoms with Crippen molar-refractivity contribution in [3.8, 4) is 0 Å². The van der Waals surface area contributed by atoms with Gasteiger partial charge in [-0.2, -0.15) is 12.6 Å². The average molecular weight is 265 g/mol. The first-order valence-corrected chi connectivity index (χ1v) is 9.14. The van der Waals surface area contributed by atoms with Crippen LogP contribution >= 0.6 is 12.6 Å². The largest absolute Gasteiger partial charge is 0.357 e. The van der Waals surface area contributed by atoms with Gasteiger partial charge >= 0.3 is 0 Å². The summed E-state index contributed by atoms with van der Waals surface area (Å²) in [6.07, 6.45) is 5.89. The fraction of sp³-hybridized carbons (Fsp3) is 1.00. The topological polar surface area (TPSA) is 18.5 Å². The standard InChI is InChI=1S/C12H28O2SSi/c1-3-5-8-13-12(14-9-6-4-2)16-11-7-10-15/h12,15H,3-11,16H2,1-2H3. The summed E-state index contributed by atoms with van der Waals surface area (Å²) in [5.41, 5.74) is 0. The lowest BCUT2D eigenvalue weighted by Crippen LogP contribution is -2.25. The summed E-state index contributed by atoms with van der Waals surface area (Å²) < 4.78 is 11.6. The summed E-state index contributed by atoms with van der Waals surface area (Å²) in [5.74, 6) is 1.14. The Morgan fingerprint density at radius 2 is 1.56 bits per heavy atom. The molecule has 0 rings (SSSR count). The van der Waals surface area contributed by atoms with Crippen molar-refractivity contribution < 1.29 is 9.47 Å². The predicted octanol–water partition coefficient (Wildman–Crippen LogP) is 2.81. The van der Waals surface area contributed by atoms with Crippen molar-refractivity contribution in [2.45, 2.75) is 57.9 Å². The molecule has 0 radical (unpaired) electrons. The highest BCUT2D eigenvalue weighted by molar-refractivity contribution is 7.80. The lowest BCUT2D eigenvalue weighted by atomic mass is 10.4. The number of rotatable bonds is 12. The van der Waals surface area contributed by atoms with Gasteiger partial charge in [-0.15, -0.1) is 0 Å². The maximum atomic E-state index is 5.79. The summed E-state index contributed by atoms with van der Waals surface area (Å²) in [7, 11) is -0.235. The molecule has 2 nitrogen and oxygen atoms in total. The van der Waals surface area contributed by atoms with Gasteiger partial charge in [-0.1, -0.05) is 32.7 Å². The molecule has 0 saturated carbocycles. The van der Waals surface area contributed by atoms with Crippen molar-refractivity contribution in [2.24, 2.45) is 0 Å². The molecule has 0 aliphatic rings. The Bertz CT molecular complexity index is 112. The zero-order chi connectivity index (χ0) is 12.1. The van der Waals surface area contributed by atoms with E-state index >= 15 is 0 Å². The van der Waals surface area contributed by atoms with E-state index in [4.69, 9.17) is 9.47 Å². The average Bonchev–Trinajstić information content (AvgIpc) is 2.29. The van der Waals surface area contributed by atoms with Gasteiger partial charge < -0.3 is 9.47 Å². The van der Waals surface area contributed by atoms with Crippen LogP contribution in [0.15, 0.2) is 0 Å². The monoisotopic (exact) mass is 264 g/mol. The molecule has 0 amide bonds. The van der Waals surface area contributed by atoms with Crippen LogP contribution in [0.4, 0.5) is 0 Å². The summed E-state index contributed by atoms with van der Waals surface area (Å²) in [4.78, 5) is 0. The van der Waals surface area contributed by atoms with E-state index in [0.29, 0.717) is 0 Å². The molecule has 0 saturated heterocycles. The molecular formula is C12H28O2SSi. The van der Waals surface area contributed by atoms with E-state index in [1.807, 2.05) is 0 Å². The van der Waals surface area contributed by atoms with Gasteiger partial charge in [0.25, 0.3) is 0 Å². The molecule has 0 atom stereocenters. The third-order valence-corrected chi connectivity index (χ3v) is 4.62. The molecule has 0 aliphatic carbocycles. The SMILES string of the molecule is CCCCOC(OCCCC)[SiH2]CCCS. The molecule has 0 aromatic carbocycles. The van der Waals surface area contributed by atoms with Gasteiger partial charge in [-0.3, -0.25) is 0 Å². The first-order valence-electron chi connectivity index (χ1n) is 6.69. The molecule has 0 N–H and O–H groups in total. The molecule has 0 bridgehead atoms. The Morgan fingerprint density at radius 1 is 1.00 bits per heavy atom. The van der Waals surface area contributed by atoms with Gasteiger partial charge in [0.05, 0.1) is 9.52 Å². The zero-order valence-corrected chi connectivity index (χ0v) is 13.2. The second kappa shape index (κ2) is 13.6. The lowest BCUT2D eigenvalue weighted by molar-refractivity contribution is -0.0920. The molecule has 0 aromatic heterocycles. The zero-order valence-electron chi connectivity index (χ0n) is 10.9. The highest BCUT2D eigenvalue weighted by atomic mass is 32.1. The van der Waals surface area contributed by atoms with E-state index in [1.54, 1.807) is 0 Å². The fourth-order valence-corrected chi connectivity index (χ4v) is 3.54. The first kappa shape index (κ1) is 16.5. The van der Waals surface area contributed by atoms with Crippen LogP contribution in [-0.4, -0.2) is 34.4 Å². The number of unbranched alkanes of at least 4 members (excludes halogenated alkanes) is 2. The molecule has 0 heterocycles. The number of ether oxygens (including phenoxy) is 2. The Hall–Kier alpha value is 0.487. The van der Waals surface area contributed by atoms with E-state index in [1.165, 1.54) is 25.3 Å². The second-order valence-corrected chi connectivity index (χ2v) is 6.50. The van der Waals surface area contributed by atoms with Crippen LogP contribution < -0.4 is 0 Å². The highest BCUT2D eigenvalue weighted by Crippen LogP contribution is 2.03.